The molecule has 2 aliphatic heterocycles. The predicted octanol–water partition coefficient (Wildman–Crippen LogP) is 2.61. The summed E-state index contributed by atoms with van der Waals surface area (Å²) in [4.78, 5) is 14.3. The number of thiophene rings is 1. The van der Waals surface area contributed by atoms with Gasteiger partial charge in [0.2, 0.25) is 0 Å². The molecule has 0 saturated carbocycles. The van der Waals surface area contributed by atoms with Crippen LogP contribution in [0.15, 0.2) is 15.2 Å². The van der Waals surface area contributed by atoms with Crippen LogP contribution in [0.2, 0.25) is 0 Å². The molecule has 3 nitrogen and oxygen atoms in total. The Labute approximate surface area is 125 Å². The lowest BCUT2D eigenvalue weighted by molar-refractivity contribution is 0.0643. The zero-order valence-corrected chi connectivity index (χ0v) is 13.1. The number of carbonyl (C=O) groups excluding carboxylic acids is 1. The Hall–Kier alpha value is -0.100. The van der Waals surface area contributed by atoms with E-state index in [4.69, 9.17) is 0 Å². The monoisotopic (exact) mass is 350 g/mol. The largest absolute Gasteiger partial charge is 0.338 e. The average Bonchev–Trinajstić information content (AvgIpc) is 2.95. The Morgan fingerprint density at radius 3 is 2.94 bits per heavy atom. The van der Waals surface area contributed by atoms with Gasteiger partial charge in [0.05, 0.1) is 9.35 Å². The van der Waals surface area contributed by atoms with Crippen molar-refractivity contribution < 1.29 is 4.79 Å². The van der Waals surface area contributed by atoms with Crippen LogP contribution in [0.3, 0.4) is 0 Å². The fourth-order valence-corrected chi connectivity index (χ4v) is 3.95. The molecule has 18 heavy (non-hydrogen) atoms. The van der Waals surface area contributed by atoms with Gasteiger partial charge in [0, 0.05) is 18.5 Å². The van der Waals surface area contributed by atoms with Gasteiger partial charge in [0.25, 0.3) is 5.91 Å². The Bertz CT molecular complexity index is 439. The number of amides is 1. The van der Waals surface area contributed by atoms with Crippen LogP contribution >= 0.6 is 39.7 Å². The second-order valence-electron chi connectivity index (χ2n) is 4.86. The first-order valence-corrected chi connectivity index (χ1v) is 7.65. The maximum absolute atomic E-state index is 12.3. The molecule has 2 saturated heterocycles. The molecular formula is C12H16BrClN2OS. The maximum Gasteiger partial charge on any atom is 0.254 e. The van der Waals surface area contributed by atoms with E-state index in [1.165, 1.54) is 0 Å². The number of fused-ring (bicyclic) bond motifs is 1. The number of hydrogen-bond donors (Lipinski definition) is 1. The number of piperidine rings is 1. The molecule has 1 amide bonds. The highest BCUT2D eigenvalue weighted by molar-refractivity contribution is 9.11. The van der Waals surface area contributed by atoms with E-state index < -0.39 is 0 Å². The van der Waals surface area contributed by atoms with E-state index in [9.17, 15) is 4.79 Å². The van der Waals surface area contributed by atoms with Crippen molar-refractivity contribution in [3.05, 3.63) is 20.8 Å². The fraction of sp³-hybridized carbons (Fsp3) is 0.583. The van der Waals surface area contributed by atoms with Gasteiger partial charge in [-0.2, -0.15) is 0 Å². The summed E-state index contributed by atoms with van der Waals surface area (Å²) in [6, 6.07) is 1.92. The Kier molecular flexibility index (Phi) is 4.69. The van der Waals surface area contributed by atoms with Crippen molar-refractivity contribution in [2.45, 2.75) is 6.42 Å². The summed E-state index contributed by atoms with van der Waals surface area (Å²) in [7, 11) is 0. The molecule has 0 radical (unpaired) electrons. The molecule has 0 spiro atoms. The maximum atomic E-state index is 12.3. The van der Waals surface area contributed by atoms with E-state index in [0.717, 1.165) is 47.9 Å². The highest BCUT2D eigenvalue weighted by atomic mass is 79.9. The first-order valence-electron chi connectivity index (χ1n) is 5.98. The normalized spacial score (nSPS) is 26.6. The quantitative estimate of drug-likeness (QED) is 0.843. The third-order valence-electron chi connectivity index (χ3n) is 3.81. The third-order valence-corrected chi connectivity index (χ3v) is 5.31. The standard InChI is InChI=1S/C12H15BrN2OS.ClH/c13-11-3-9(7-17-11)12(16)15-2-1-8-4-14-5-10(8)6-15;/h3,7-8,10,14H,1-2,4-6H2;1H. The molecule has 0 aromatic carbocycles. The van der Waals surface area contributed by atoms with Crippen molar-refractivity contribution in [2.24, 2.45) is 11.8 Å². The van der Waals surface area contributed by atoms with Gasteiger partial charge in [-0.1, -0.05) is 0 Å². The molecule has 3 heterocycles. The highest BCUT2D eigenvalue weighted by Gasteiger charge is 2.34. The molecule has 2 aliphatic rings. The van der Waals surface area contributed by atoms with Gasteiger partial charge in [-0.15, -0.1) is 23.7 Å². The van der Waals surface area contributed by atoms with E-state index >= 15 is 0 Å². The first kappa shape index (κ1) is 14.3. The summed E-state index contributed by atoms with van der Waals surface area (Å²) in [5.74, 6) is 1.64. The Morgan fingerprint density at radius 2 is 2.22 bits per heavy atom. The summed E-state index contributed by atoms with van der Waals surface area (Å²) in [5, 5.41) is 5.36. The minimum atomic E-state index is 0. The molecular weight excluding hydrogens is 336 g/mol. The van der Waals surface area contributed by atoms with E-state index in [-0.39, 0.29) is 18.3 Å². The van der Waals surface area contributed by atoms with Crippen LogP contribution in [-0.2, 0) is 0 Å². The van der Waals surface area contributed by atoms with Crippen LogP contribution in [0.1, 0.15) is 16.8 Å². The van der Waals surface area contributed by atoms with Gasteiger partial charge >= 0.3 is 0 Å². The summed E-state index contributed by atoms with van der Waals surface area (Å²) in [6.45, 7) is 4.04. The topological polar surface area (TPSA) is 32.3 Å². The second-order valence-corrected chi connectivity index (χ2v) is 7.15. The number of likely N-dealkylation sites (tertiary alicyclic amines) is 1. The lowest BCUT2D eigenvalue weighted by Crippen LogP contribution is -2.43. The second kappa shape index (κ2) is 5.90. The molecule has 2 fully saturated rings. The highest BCUT2D eigenvalue weighted by Crippen LogP contribution is 2.28. The van der Waals surface area contributed by atoms with Crippen LogP contribution in [0, 0.1) is 11.8 Å². The fourth-order valence-electron chi connectivity index (χ4n) is 2.82. The zero-order chi connectivity index (χ0) is 11.8. The minimum Gasteiger partial charge on any atom is -0.338 e. The van der Waals surface area contributed by atoms with Crippen LogP contribution in [0.5, 0.6) is 0 Å². The van der Waals surface area contributed by atoms with Gasteiger partial charge in [0.15, 0.2) is 0 Å². The van der Waals surface area contributed by atoms with Crippen LogP contribution in [0.25, 0.3) is 0 Å². The van der Waals surface area contributed by atoms with Gasteiger partial charge in [-0.05, 0) is 53.3 Å². The SMILES string of the molecule is Cl.O=C(c1csc(Br)c1)N1CCC2CNCC2C1. The number of nitrogens with zero attached hydrogens (tertiary/aromatic N) is 1. The molecule has 6 heteroatoms. The molecule has 100 valence electrons. The van der Waals surface area contributed by atoms with Crippen molar-refractivity contribution in [1.29, 1.82) is 0 Å². The molecule has 2 unspecified atom stereocenters. The summed E-state index contributed by atoms with van der Waals surface area (Å²) in [6.07, 6.45) is 1.15. The van der Waals surface area contributed by atoms with E-state index in [1.807, 2.05) is 16.3 Å². The summed E-state index contributed by atoms with van der Waals surface area (Å²) < 4.78 is 1.03. The summed E-state index contributed by atoms with van der Waals surface area (Å²) in [5.41, 5.74) is 0.825. The molecule has 3 rings (SSSR count). The minimum absolute atomic E-state index is 0. The average molecular weight is 352 g/mol. The number of carbonyl (C=O) groups is 1. The lowest BCUT2D eigenvalue weighted by Gasteiger charge is -2.34. The van der Waals surface area contributed by atoms with E-state index in [1.54, 1.807) is 11.3 Å². The number of rotatable bonds is 1. The number of nitrogens with one attached hydrogen (secondary N) is 1. The van der Waals surface area contributed by atoms with Crippen molar-refractivity contribution in [2.75, 3.05) is 26.2 Å². The van der Waals surface area contributed by atoms with Gasteiger partial charge < -0.3 is 10.2 Å². The number of halogens is 2. The van der Waals surface area contributed by atoms with Gasteiger partial charge in [-0.3, -0.25) is 4.79 Å². The molecule has 1 aromatic heterocycles. The van der Waals surface area contributed by atoms with E-state index in [2.05, 4.69) is 21.2 Å². The van der Waals surface area contributed by atoms with Crippen molar-refractivity contribution in [3.63, 3.8) is 0 Å². The van der Waals surface area contributed by atoms with Crippen LogP contribution in [-0.4, -0.2) is 37.0 Å². The Morgan fingerprint density at radius 1 is 1.44 bits per heavy atom. The molecule has 0 aliphatic carbocycles. The van der Waals surface area contributed by atoms with E-state index in [0.29, 0.717) is 5.92 Å². The van der Waals surface area contributed by atoms with Crippen LogP contribution in [0.4, 0.5) is 0 Å². The zero-order valence-electron chi connectivity index (χ0n) is 9.89. The molecule has 2 atom stereocenters. The predicted molar refractivity (Wildman–Crippen MR) is 79.6 cm³/mol. The summed E-state index contributed by atoms with van der Waals surface area (Å²) >= 11 is 4.98. The van der Waals surface area contributed by atoms with Gasteiger partial charge in [0.1, 0.15) is 0 Å². The molecule has 1 N–H and O–H groups in total. The van der Waals surface area contributed by atoms with Crippen LogP contribution < -0.4 is 5.32 Å². The lowest BCUT2D eigenvalue weighted by atomic mass is 9.88. The molecule has 1 aromatic rings. The van der Waals surface area contributed by atoms with Crippen molar-refractivity contribution in [3.8, 4) is 0 Å². The third kappa shape index (κ3) is 2.74. The smallest absolute Gasteiger partial charge is 0.254 e. The number of hydrogen-bond acceptors (Lipinski definition) is 3. The Balaban J connectivity index is 0.00000120. The van der Waals surface area contributed by atoms with Crippen molar-refractivity contribution >= 4 is 45.6 Å². The van der Waals surface area contributed by atoms with Gasteiger partial charge in [-0.25, -0.2) is 0 Å². The molecule has 0 bridgehead atoms. The first-order chi connectivity index (χ1) is 8.24. The van der Waals surface area contributed by atoms with Crippen molar-refractivity contribution in [1.82, 2.24) is 10.2 Å².